The fraction of sp³-hybridized carbons (Fsp3) is 0.500. The van der Waals surface area contributed by atoms with Crippen molar-refractivity contribution in [1.29, 1.82) is 5.26 Å². The summed E-state index contributed by atoms with van der Waals surface area (Å²) in [5, 5.41) is 9.22. The first kappa shape index (κ1) is 11.8. The van der Waals surface area contributed by atoms with Gasteiger partial charge >= 0.3 is 0 Å². The summed E-state index contributed by atoms with van der Waals surface area (Å²) in [6, 6.07) is 8.96. The first-order valence-corrected chi connectivity index (χ1v) is 6.25. The topological polar surface area (TPSA) is 53.0 Å². The van der Waals surface area contributed by atoms with E-state index in [-0.39, 0.29) is 0 Å². The highest BCUT2D eigenvalue weighted by Gasteiger charge is 2.30. The van der Waals surface area contributed by atoms with Gasteiger partial charge in [-0.05, 0) is 44.4 Å². The highest BCUT2D eigenvalue weighted by molar-refractivity contribution is 5.65. The SMILES string of the molecule is CCC1CCC(C)N1c1ccc(N)cc1C#N. The molecule has 0 aromatic heterocycles. The van der Waals surface area contributed by atoms with Gasteiger partial charge in [-0.15, -0.1) is 0 Å². The van der Waals surface area contributed by atoms with Crippen LogP contribution in [0.2, 0.25) is 0 Å². The Kier molecular flexibility index (Phi) is 3.23. The van der Waals surface area contributed by atoms with Crippen LogP contribution in [-0.4, -0.2) is 12.1 Å². The molecule has 0 saturated carbocycles. The highest BCUT2D eigenvalue weighted by atomic mass is 15.2. The maximum atomic E-state index is 9.22. The lowest BCUT2D eigenvalue weighted by Gasteiger charge is -2.31. The number of hydrogen-bond donors (Lipinski definition) is 1. The van der Waals surface area contributed by atoms with Crippen LogP contribution in [0.25, 0.3) is 0 Å². The molecule has 2 atom stereocenters. The third-order valence-electron chi connectivity index (χ3n) is 3.68. The van der Waals surface area contributed by atoms with Gasteiger partial charge < -0.3 is 10.6 Å². The van der Waals surface area contributed by atoms with E-state index in [1.54, 1.807) is 6.07 Å². The molecule has 1 aliphatic heterocycles. The zero-order valence-electron chi connectivity index (χ0n) is 10.5. The van der Waals surface area contributed by atoms with Crippen molar-refractivity contribution in [2.45, 2.75) is 45.2 Å². The van der Waals surface area contributed by atoms with E-state index < -0.39 is 0 Å². The van der Waals surface area contributed by atoms with E-state index in [2.05, 4.69) is 24.8 Å². The highest BCUT2D eigenvalue weighted by Crippen LogP contribution is 2.34. The summed E-state index contributed by atoms with van der Waals surface area (Å²) in [5.74, 6) is 0. The zero-order valence-corrected chi connectivity index (χ0v) is 10.5. The quantitative estimate of drug-likeness (QED) is 0.793. The molecule has 0 aliphatic carbocycles. The lowest BCUT2D eigenvalue weighted by Crippen LogP contribution is -2.34. The summed E-state index contributed by atoms with van der Waals surface area (Å²) in [7, 11) is 0. The van der Waals surface area contributed by atoms with E-state index in [4.69, 9.17) is 5.73 Å². The predicted molar refractivity (Wildman–Crippen MR) is 70.8 cm³/mol. The summed E-state index contributed by atoms with van der Waals surface area (Å²) in [5.41, 5.74) is 8.12. The molecule has 2 unspecified atom stereocenters. The molecule has 0 amide bonds. The molecular weight excluding hydrogens is 210 g/mol. The lowest BCUT2D eigenvalue weighted by molar-refractivity contribution is 0.627. The van der Waals surface area contributed by atoms with Crippen LogP contribution >= 0.6 is 0 Å². The second-order valence-electron chi connectivity index (χ2n) is 4.78. The van der Waals surface area contributed by atoms with Gasteiger partial charge in [-0.1, -0.05) is 6.92 Å². The number of anilines is 2. The fourth-order valence-electron chi connectivity index (χ4n) is 2.77. The molecule has 1 aromatic carbocycles. The fourth-order valence-corrected chi connectivity index (χ4v) is 2.77. The smallest absolute Gasteiger partial charge is 0.101 e. The molecule has 1 aromatic rings. The molecule has 2 rings (SSSR count). The molecule has 2 N–H and O–H groups in total. The molecule has 3 heteroatoms. The second kappa shape index (κ2) is 4.67. The van der Waals surface area contributed by atoms with Crippen molar-refractivity contribution in [1.82, 2.24) is 0 Å². The van der Waals surface area contributed by atoms with E-state index >= 15 is 0 Å². The number of hydrogen-bond acceptors (Lipinski definition) is 3. The van der Waals surface area contributed by atoms with Crippen molar-refractivity contribution in [3.8, 4) is 6.07 Å². The van der Waals surface area contributed by atoms with Crippen LogP contribution < -0.4 is 10.6 Å². The Morgan fingerprint density at radius 1 is 1.47 bits per heavy atom. The van der Waals surface area contributed by atoms with Crippen molar-refractivity contribution in [2.75, 3.05) is 10.6 Å². The largest absolute Gasteiger partial charge is 0.399 e. The van der Waals surface area contributed by atoms with Gasteiger partial charge in [0.1, 0.15) is 6.07 Å². The summed E-state index contributed by atoms with van der Waals surface area (Å²) in [4.78, 5) is 2.39. The van der Waals surface area contributed by atoms with Gasteiger partial charge in [0, 0.05) is 17.8 Å². The molecule has 0 radical (unpaired) electrons. The third-order valence-corrected chi connectivity index (χ3v) is 3.68. The molecule has 90 valence electrons. The van der Waals surface area contributed by atoms with E-state index in [0.717, 1.165) is 12.1 Å². The maximum absolute atomic E-state index is 9.22. The van der Waals surface area contributed by atoms with Crippen LogP contribution in [0.1, 0.15) is 38.7 Å². The summed E-state index contributed by atoms with van der Waals surface area (Å²) in [6.07, 6.45) is 3.54. The predicted octanol–water partition coefficient (Wildman–Crippen LogP) is 2.91. The van der Waals surface area contributed by atoms with Gasteiger partial charge in [0.2, 0.25) is 0 Å². The molecule has 0 spiro atoms. The van der Waals surface area contributed by atoms with Gasteiger partial charge in [0.15, 0.2) is 0 Å². The molecule has 1 heterocycles. The number of benzene rings is 1. The molecule has 1 saturated heterocycles. The van der Waals surface area contributed by atoms with E-state index in [0.29, 0.717) is 23.3 Å². The molecule has 17 heavy (non-hydrogen) atoms. The van der Waals surface area contributed by atoms with Crippen LogP contribution in [0.5, 0.6) is 0 Å². The Morgan fingerprint density at radius 3 is 2.88 bits per heavy atom. The maximum Gasteiger partial charge on any atom is 0.101 e. The Hall–Kier alpha value is -1.69. The van der Waals surface area contributed by atoms with Crippen molar-refractivity contribution in [3.05, 3.63) is 23.8 Å². The van der Waals surface area contributed by atoms with Crippen LogP contribution in [0.4, 0.5) is 11.4 Å². The minimum absolute atomic E-state index is 0.510. The summed E-state index contributed by atoms with van der Waals surface area (Å²) in [6.45, 7) is 4.44. The number of nitrogens with two attached hydrogens (primary N) is 1. The normalized spacial score (nSPS) is 23.7. The minimum atomic E-state index is 0.510. The van der Waals surface area contributed by atoms with Gasteiger partial charge in [0.25, 0.3) is 0 Å². The van der Waals surface area contributed by atoms with E-state index in [9.17, 15) is 5.26 Å². The molecule has 1 fully saturated rings. The summed E-state index contributed by atoms with van der Waals surface area (Å²) < 4.78 is 0. The minimum Gasteiger partial charge on any atom is -0.399 e. The monoisotopic (exact) mass is 229 g/mol. The van der Waals surface area contributed by atoms with Gasteiger partial charge in [-0.3, -0.25) is 0 Å². The first-order valence-electron chi connectivity index (χ1n) is 6.25. The number of nitriles is 1. The Balaban J connectivity index is 2.42. The first-order chi connectivity index (χ1) is 8.17. The van der Waals surface area contributed by atoms with Crippen LogP contribution in [0, 0.1) is 11.3 Å². The Bertz CT molecular complexity index is 447. The molecule has 3 nitrogen and oxygen atoms in total. The summed E-state index contributed by atoms with van der Waals surface area (Å²) >= 11 is 0. The van der Waals surface area contributed by atoms with Crippen LogP contribution in [0.15, 0.2) is 18.2 Å². The standard InChI is InChI=1S/C14H19N3/c1-3-13-6-4-10(2)17(13)14-7-5-12(16)8-11(14)9-15/h5,7-8,10,13H,3-4,6,16H2,1-2H3. The number of rotatable bonds is 2. The lowest BCUT2D eigenvalue weighted by atomic mass is 10.1. The van der Waals surface area contributed by atoms with Gasteiger partial charge in [-0.25, -0.2) is 0 Å². The molecular formula is C14H19N3. The third kappa shape index (κ3) is 2.08. The Morgan fingerprint density at radius 2 is 2.24 bits per heavy atom. The second-order valence-corrected chi connectivity index (χ2v) is 4.78. The average Bonchev–Trinajstić information content (AvgIpc) is 2.70. The van der Waals surface area contributed by atoms with Crippen molar-refractivity contribution >= 4 is 11.4 Å². The van der Waals surface area contributed by atoms with E-state index in [1.807, 2.05) is 12.1 Å². The average molecular weight is 229 g/mol. The number of nitrogens with zero attached hydrogens (tertiary/aromatic N) is 2. The Labute approximate surface area is 103 Å². The number of nitrogen functional groups attached to an aromatic ring is 1. The van der Waals surface area contributed by atoms with Crippen molar-refractivity contribution < 1.29 is 0 Å². The zero-order chi connectivity index (χ0) is 12.4. The van der Waals surface area contributed by atoms with Crippen molar-refractivity contribution in [3.63, 3.8) is 0 Å². The molecule has 1 aliphatic rings. The van der Waals surface area contributed by atoms with E-state index in [1.165, 1.54) is 12.8 Å². The van der Waals surface area contributed by atoms with Gasteiger partial charge in [-0.2, -0.15) is 5.26 Å². The molecule has 0 bridgehead atoms. The van der Waals surface area contributed by atoms with Crippen molar-refractivity contribution in [2.24, 2.45) is 0 Å². The van der Waals surface area contributed by atoms with Crippen LogP contribution in [0.3, 0.4) is 0 Å². The van der Waals surface area contributed by atoms with Crippen LogP contribution in [-0.2, 0) is 0 Å². The van der Waals surface area contributed by atoms with Gasteiger partial charge in [0.05, 0.1) is 11.3 Å².